The largest absolute Gasteiger partial charge is 0.351 e. The first-order chi connectivity index (χ1) is 16.5. The summed E-state index contributed by atoms with van der Waals surface area (Å²) in [5, 5.41) is 3.00. The molecule has 2 saturated heterocycles. The summed E-state index contributed by atoms with van der Waals surface area (Å²) in [6, 6.07) is 18.6. The minimum absolute atomic E-state index is 0.0527. The second kappa shape index (κ2) is 12.1. The minimum atomic E-state index is 0.0527. The number of carbonyl (C=O) groups is 2. The van der Waals surface area contributed by atoms with Gasteiger partial charge in [0.2, 0.25) is 11.8 Å². The van der Waals surface area contributed by atoms with E-state index >= 15 is 0 Å². The third kappa shape index (κ3) is 7.38. The van der Waals surface area contributed by atoms with Gasteiger partial charge < -0.3 is 10.2 Å². The molecule has 2 heterocycles. The van der Waals surface area contributed by atoms with E-state index in [2.05, 4.69) is 51.2 Å². The molecular formula is C27H37N5O2. The van der Waals surface area contributed by atoms with E-state index in [1.165, 1.54) is 11.1 Å². The monoisotopic (exact) mass is 463 g/mol. The van der Waals surface area contributed by atoms with Gasteiger partial charge in [-0.1, -0.05) is 60.2 Å². The van der Waals surface area contributed by atoms with Crippen LogP contribution in [0, 0.1) is 6.92 Å². The van der Waals surface area contributed by atoms with Crippen molar-refractivity contribution in [3.63, 3.8) is 0 Å². The van der Waals surface area contributed by atoms with Gasteiger partial charge in [0.15, 0.2) is 0 Å². The average Bonchev–Trinajstić information content (AvgIpc) is 2.85. The van der Waals surface area contributed by atoms with E-state index < -0.39 is 0 Å². The normalized spacial score (nSPS) is 18.1. The number of benzene rings is 2. The molecule has 4 rings (SSSR count). The van der Waals surface area contributed by atoms with Gasteiger partial charge in [0.1, 0.15) is 0 Å². The van der Waals surface area contributed by atoms with Crippen LogP contribution in [0.3, 0.4) is 0 Å². The lowest BCUT2D eigenvalue weighted by atomic mass is 10.1. The van der Waals surface area contributed by atoms with Crippen molar-refractivity contribution in [1.29, 1.82) is 0 Å². The van der Waals surface area contributed by atoms with E-state index in [1.807, 2.05) is 35.2 Å². The standard InChI is InChI=1S/C27H37N5O2/c1-23-6-5-9-25(18-23)20-29-14-16-32(17-15-29)27(34)22-31-12-10-30(11-13-31)21-26(33)28-19-24-7-3-2-4-8-24/h2-9,18H,10-17,19-22H2,1H3,(H,28,33). The molecule has 7 heteroatoms. The molecule has 34 heavy (non-hydrogen) atoms. The van der Waals surface area contributed by atoms with Gasteiger partial charge in [-0.25, -0.2) is 0 Å². The van der Waals surface area contributed by atoms with E-state index in [1.54, 1.807) is 0 Å². The number of nitrogens with zero attached hydrogens (tertiary/aromatic N) is 4. The molecule has 0 spiro atoms. The third-order valence-corrected chi connectivity index (χ3v) is 6.74. The summed E-state index contributed by atoms with van der Waals surface area (Å²) < 4.78 is 0. The molecule has 2 aromatic carbocycles. The van der Waals surface area contributed by atoms with Gasteiger partial charge in [-0.2, -0.15) is 0 Å². The van der Waals surface area contributed by atoms with Crippen LogP contribution in [0.15, 0.2) is 54.6 Å². The molecule has 0 aliphatic carbocycles. The lowest BCUT2D eigenvalue weighted by molar-refractivity contribution is -0.135. The molecular weight excluding hydrogens is 426 g/mol. The smallest absolute Gasteiger partial charge is 0.236 e. The fourth-order valence-electron chi connectivity index (χ4n) is 4.68. The number of hydrogen-bond donors (Lipinski definition) is 1. The van der Waals surface area contributed by atoms with E-state index in [0.29, 0.717) is 19.6 Å². The maximum atomic E-state index is 12.8. The van der Waals surface area contributed by atoms with Gasteiger partial charge in [0.05, 0.1) is 13.1 Å². The van der Waals surface area contributed by atoms with Crippen molar-refractivity contribution in [3.8, 4) is 0 Å². The van der Waals surface area contributed by atoms with Crippen molar-refractivity contribution in [2.45, 2.75) is 20.0 Å². The maximum absolute atomic E-state index is 12.8. The molecule has 182 valence electrons. The Bertz CT molecular complexity index is 935. The van der Waals surface area contributed by atoms with E-state index in [9.17, 15) is 9.59 Å². The number of piperazine rings is 2. The second-order valence-corrected chi connectivity index (χ2v) is 9.46. The van der Waals surface area contributed by atoms with Crippen LogP contribution in [0.2, 0.25) is 0 Å². The predicted molar refractivity (Wildman–Crippen MR) is 134 cm³/mol. The van der Waals surface area contributed by atoms with Crippen molar-refractivity contribution in [2.24, 2.45) is 0 Å². The molecule has 2 aliphatic rings. The minimum Gasteiger partial charge on any atom is -0.351 e. The van der Waals surface area contributed by atoms with Crippen LogP contribution < -0.4 is 5.32 Å². The summed E-state index contributed by atoms with van der Waals surface area (Å²) in [5.74, 6) is 0.279. The third-order valence-electron chi connectivity index (χ3n) is 6.74. The Morgan fingerprint density at radius 2 is 1.35 bits per heavy atom. The number of amides is 2. The summed E-state index contributed by atoms with van der Waals surface area (Å²) >= 11 is 0. The van der Waals surface area contributed by atoms with Gasteiger partial charge in [-0.15, -0.1) is 0 Å². The number of hydrogen-bond acceptors (Lipinski definition) is 5. The topological polar surface area (TPSA) is 59.1 Å². The zero-order valence-electron chi connectivity index (χ0n) is 20.3. The molecule has 0 saturated carbocycles. The summed E-state index contributed by atoms with van der Waals surface area (Å²) in [4.78, 5) is 34.0. The Labute approximate surface area is 203 Å². The SMILES string of the molecule is Cc1cccc(CN2CCN(C(=O)CN3CCN(CC(=O)NCc4ccccc4)CC3)CC2)c1. The molecule has 0 unspecified atom stereocenters. The zero-order chi connectivity index (χ0) is 23.8. The Balaban J connectivity index is 1.11. The highest BCUT2D eigenvalue weighted by molar-refractivity contribution is 5.78. The van der Waals surface area contributed by atoms with Gasteiger partial charge in [-0.3, -0.25) is 24.3 Å². The first-order valence-corrected chi connectivity index (χ1v) is 12.4. The highest BCUT2D eigenvalue weighted by atomic mass is 16.2. The van der Waals surface area contributed by atoms with Crippen LogP contribution in [0.5, 0.6) is 0 Å². The number of aryl methyl sites for hydroxylation is 1. The van der Waals surface area contributed by atoms with Gasteiger partial charge in [0, 0.05) is 65.4 Å². The molecule has 0 atom stereocenters. The molecule has 2 amide bonds. The molecule has 0 radical (unpaired) electrons. The van der Waals surface area contributed by atoms with Crippen LogP contribution in [-0.2, 0) is 22.7 Å². The Kier molecular flexibility index (Phi) is 8.68. The molecule has 2 aliphatic heterocycles. The van der Waals surface area contributed by atoms with Crippen LogP contribution >= 0.6 is 0 Å². The first-order valence-electron chi connectivity index (χ1n) is 12.4. The Hall–Kier alpha value is -2.74. The van der Waals surface area contributed by atoms with Crippen molar-refractivity contribution in [3.05, 3.63) is 71.3 Å². The molecule has 7 nitrogen and oxygen atoms in total. The van der Waals surface area contributed by atoms with Crippen molar-refractivity contribution < 1.29 is 9.59 Å². The summed E-state index contributed by atoms with van der Waals surface area (Å²) in [6.45, 7) is 11.2. The summed E-state index contributed by atoms with van der Waals surface area (Å²) in [7, 11) is 0. The Morgan fingerprint density at radius 3 is 2.03 bits per heavy atom. The van der Waals surface area contributed by atoms with E-state index in [4.69, 9.17) is 0 Å². The van der Waals surface area contributed by atoms with E-state index in [0.717, 1.165) is 64.5 Å². The van der Waals surface area contributed by atoms with Crippen LogP contribution in [0.1, 0.15) is 16.7 Å². The van der Waals surface area contributed by atoms with Crippen LogP contribution in [0.25, 0.3) is 0 Å². The fourth-order valence-corrected chi connectivity index (χ4v) is 4.68. The fraction of sp³-hybridized carbons (Fsp3) is 0.481. The summed E-state index contributed by atoms with van der Waals surface area (Å²) in [6.07, 6.45) is 0. The molecule has 2 fully saturated rings. The maximum Gasteiger partial charge on any atom is 0.236 e. The van der Waals surface area contributed by atoms with Crippen molar-refractivity contribution in [1.82, 2.24) is 24.9 Å². The van der Waals surface area contributed by atoms with Gasteiger partial charge in [-0.05, 0) is 18.1 Å². The highest BCUT2D eigenvalue weighted by Crippen LogP contribution is 2.11. The first kappa shape index (κ1) is 24.4. The number of rotatable bonds is 8. The van der Waals surface area contributed by atoms with Gasteiger partial charge >= 0.3 is 0 Å². The lowest BCUT2D eigenvalue weighted by Gasteiger charge is -2.38. The van der Waals surface area contributed by atoms with Gasteiger partial charge in [0.25, 0.3) is 0 Å². The zero-order valence-corrected chi connectivity index (χ0v) is 20.3. The summed E-state index contributed by atoms with van der Waals surface area (Å²) in [5.41, 5.74) is 3.74. The number of nitrogens with one attached hydrogen (secondary N) is 1. The Morgan fingerprint density at radius 1 is 0.735 bits per heavy atom. The van der Waals surface area contributed by atoms with E-state index in [-0.39, 0.29) is 11.8 Å². The molecule has 0 bridgehead atoms. The molecule has 2 aromatic rings. The van der Waals surface area contributed by atoms with Crippen LogP contribution in [-0.4, -0.2) is 96.9 Å². The molecule has 0 aromatic heterocycles. The number of carbonyl (C=O) groups excluding carboxylic acids is 2. The molecule has 1 N–H and O–H groups in total. The quantitative estimate of drug-likeness (QED) is 0.644. The average molecular weight is 464 g/mol. The second-order valence-electron chi connectivity index (χ2n) is 9.46. The lowest BCUT2D eigenvalue weighted by Crippen LogP contribution is -2.54. The predicted octanol–water partition coefficient (Wildman–Crippen LogP) is 1.57. The highest BCUT2D eigenvalue weighted by Gasteiger charge is 2.25. The van der Waals surface area contributed by atoms with Crippen LogP contribution in [0.4, 0.5) is 0 Å². The van der Waals surface area contributed by atoms with Crippen molar-refractivity contribution in [2.75, 3.05) is 65.4 Å². The van der Waals surface area contributed by atoms with Crippen molar-refractivity contribution >= 4 is 11.8 Å².